The monoisotopic (exact) mass is 248 g/mol. The van der Waals surface area contributed by atoms with E-state index >= 15 is 0 Å². The van der Waals surface area contributed by atoms with Crippen molar-refractivity contribution in [2.45, 2.75) is 16.7 Å². The van der Waals surface area contributed by atoms with Gasteiger partial charge in [-0.05, 0) is 31.2 Å². The summed E-state index contributed by atoms with van der Waals surface area (Å²) < 4.78 is 5.20. The molecule has 4 N–H and O–H groups in total. The molecule has 4 nitrogen and oxygen atoms in total. The number of nitrogens with two attached hydrogens (primary N) is 2. The summed E-state index contributed by atoms with van der Waals surface area (Å²) in [5.74, 6) is 0.362. The minimum absolute atomic E-state index is 0.413. The van der Waals surface area contributed by atoms with E-state index in [2.05, 4.69) is 0 Å². The van der Waals surface area contributed by atoms with Crippen LogP contribution in [0.15, 0.2) is 44.7 Å². The van der Waals surface area contributed by atoms with Crippen LogP contribution >= 0.6 is 11.8 Å². The van der Waals surface area contributed by atoms with Crippen LogP contribution in [-0.2, 0) is 0 Å². The van der Waals surface area contributed by atoms with Gasteiger partial charge in [-0.1, -0.05) is 11.8 Å². The first kappa shape index (κ1) is 11.6. The number of hydrogen-bond donors (Lipinski definition) is 2. The van der Waals surface area contributed by atoms with Crippen molar-refractivity contribution < 1.29 is 9.21 Å². The van der Waals surface area contributed by atoms with Gasteiger partial charge in [0.2, 0.25) is 5.91 Å². The van der Waals surface area contributed by atoms with Crippen LogP contribution in [0.1, 0.15) is 16.1 Å². The predicted molar refractivity (Wildman–Crippen MR) is 66.9 cm³/mol. The van der Waals surface area contributed by atoms with E-state index in [1.54, 1.807) is 24.5 Å². The maximum absolute atomic E-state index is 11.0. The van der Waals surface area contributed by atoms with Crippen molar-refractivity contribution in [1.29, 1.82) is 0 Å². The lowest BCUT2D eigenvalue weighted by atomic mass is 10.2. The molecule has 0 atom stereocenters. The fraction of sp³-hybridized carbons (Fsp3) is 0.0833. The standard InChI is InChI=1S/C12H12N2O2S/c1-7-10(4-5-16-7)17-11-3-2-8(12(14)15)6-9(11)13/h2-6H,13H2,1H3,(H2,14,15). The summed E-state index contributed by atoms with van der Waals surface area (Å²) in [5.41, 5.74) is 12.0. The Morgan fingerprint density at radius 2 is 2.06 bits per heavy atom. The van der Waals surface area contributed by atoms with Gasteiger partial charge in [0.05, 0.1) is 11.2 Å². The second kappa shape index (κ2) is 4.55. The van der Waals surface area contributed by atoms with Gasteiger partial charge < -0.3 is 15.9 Å². The van der Waals surface area contributed by atoms with Gasteiger partial charge in [0.1, 0.15) is 5.76 Å². The van der Waals surface area contributed by atoms with Crippen molar-refractivity contribution in [1.82, 2.24) is 0 Å². The number of hydrogen-bond acceptors (Lipinski definition) is 4. The van der Waals surface area contributed by atoms with Gasteiger partial charge in [0, 0.05) is 16.1 Å². The molecule has 0 aliphatic carbocycles. The molecule has 0 saturated heterocycles. The number of nitrogen functional groups attached to an aromatic ring is 1. The number of aryl methyl sites for hydroxylation is 1. The quantitative estimate of drug-likeness (QED) is 0.817. The summed E-state index contributed by atoms with van der Waals surface area (Å²) in [6.07, 6.45) is 1.63. The zero-order chi connectivity index (χ0) is 12.4. The molecule has 0 saturated carbocycles. The molecule has 88 valence electrons. The first-order valence-electron chi connectivity index (χ1n) is 4.99. The SMILES string of the molecule is Cc1occc1Sc1ccc(C(N)=O)cc1N. The van der Waals surface area contributed by atoms with Crippen LogP contribution in [0.25, 0.3) is 0 Å². The van der Waals surface area contributed by atoms with E-state index in [1.165, 1.54) is 11.8 Å². The highest BCUT2D eigenvalue weighted by Crippen LogP contribution is 2.34. The Balaban J connectivity index is 2.29. The predicted octanol–water partition coefficient (Wildman–Crippen LogP) is 2.42. The van der Waals surface area contributed by atoms with Crippen LogP contribution in [0.3, 0.4) is 0 Å². The number of primary amides is 1. The molecule has 2 aromatic rings. The van der Waals surface area contributed by atoms with E-state index in [0.717, 1.165) is 15.6 Å². The van der Waals surface area contributed by atoms with Gasteiger partial charge in [-0.25, -0.2) is 0 Å². The fourth-order valence-electron chi connectivity index (χ4n) is 1.39. The van der Waals surface area contributed by atoms with Gasteiger partial charge in [0.15, 0.2) is 0 Å². The van der Waals surface area contributed by atoms with Gasteiger partial charge in [0.25, 0.3) is 0 Å². The lowest BCUT2D eigenvalue weighted by Gasteiger charge is -2.05. The summed E-state index contributed by atoms with van der Waals surface area (Å²) in [6, 6.07) is 6.91. The Morgan fingerprint density at radius 1 is 1.29 bits per heavy atom. The Hall–Kier alpha value is -1.88. The van der Waals surface area contributed by atoms with Gasteiger partial charge in [-0.2, -0.15) is 0 Å². The van der Waals surface area contributed by atoms with Crippen molar-refractivity contribution in [3.05, 3.63) is 41.9 Å². The first-order valence-corrected chi connectivity index (χ1v) is 5.81. The molecular weight excluding hydrogens is 236 g/mol. The first-order chi connectivity index (χ1) is 8.08. The van der Waals surface area contributed by atoms with E-state index in [9.17, 15) is 4.79 Å². The molecule has 1 aromatic heterocycles. The molecule has 1 amide bonds. The van der Waals surface area contributed by atoms with Crippen LogP contribution in [0, 0.1) is 6.92 Å². The minimum Gasteiger partial charge on any atom is -0.468 e. The maximum Gasteiger partial charge on any atom is 0.248 e. The maximum atomic E-state index is 11.0. The molecule has 0 bridgehead atoms. The molecule has 1 aromatic carbocycles. The lowest BCUT2D eigenvalue weighted by Crippen LogP contribution is -2.11. The molecule has 17 heavy (non-hydrogen) atoms. The second-order valence-electron chi connectivity index (χ2n) is 3.56. The summed E-state index contributed by atoms with van der Waals surface area (Å²) in [6.45, 7) is 1.89. The van der Waals surface area contributed by atoms with Gasteiger partial charge >= 0.3 is 0 Å². The van der Waals surface area contributed by atoms with E-state index < -0.39 is 5.91 Å². The number of anilines is 1. The molecule has 0 aliphatic rings. The highest BCUT2D eigenvalue weighted by Gasteiger charge is 2.08. The summed E-state index contributed by atoms with van der Waals surface area (Å²) in [4.78, 5) is 12.9. The average Bonchev–Trinajstić information content (AvgIpc) is 2.67. The number of rotatable bonds is 3. The molecular formula is C12H12N2O2S. The molecule has 1 heterocycles. The van der Waals surface area contributed by atoms with Crippen molar-refractivity contribution in [2.75, 3.05) is 5.73 Å². The zero-order valence-electron chi connectivity index (χ0n) is 9.27. The third kappa shape index (κ3) is 2.45. The fourth-order valence-corrected chi connectivity index (χ4v) is 2.26. The molecule has 0 spiro atoms. The Labute approximate surface area is 103 Å². The van der Waals surface area contributed by atoms with E-state index in [-0.39, 0.29) is 0 Å². The topological polar surface area (TPSA) is 82.2 Å². The van der Waals surface area contributed by atoms with Crippen molar-refractivity contribution in [3.8, 4) is 0 Å². The Kier molecular flexibility index (Phi) is 3.10. The van der Waals surface area contributed by atoms with Crippen LogP contribution in [0.4, 0.5) is 5.69 Å². The molecule has 5 heteroatoms. The van der Waals surface area contributed by atoms with Crippen molar-refractivity contribution >= 4 is 23.4 Å². The number of furan rings is 1. The number of carbonyl (C=O) groups is 1. The van der Waals surface area contributed by atoms with E-state index in [1.807, 2.05) is 13.0 Å². The van der Waals surface area contributed by atoms with Crippen LogP contribution < -0.4 is 11.5 Å². The second-order valence-corrected chi connectivity index (χ2v) is 4.64. The van der Waals surface area contributed by atoms with Crippen LogP contribution in [0.5, 0.6) is 0 Å². The molecule has 0 aliphatic heterocycles. The number of carbonyl (C=O) groups excluding carboxylic acids is 1. The summed E-state index contributed by atoms with van der Waals surface area (Å²) in [7, 11) is 0. The molecule has 0 unspecified atom stereocenters. The van der Waals surface area contributed by atoms with Crippen LogP contribution in [-0.4, -0.2) is 5.91 Å². The van der Waals surface area contributed by atoms with Gasteiger partial charge in [-0.15, -0.1) is 0 Å². The van der Waals surface area contributed by atoms with Gasteiger partial charge in [-0.3, -0.25) is 4.79 Å². The smallest absolute Gasteiger partial charge is 0.248 e. The average molecular weight is 248 g/mol. The highest BCUT2D eigenvalue weighted by molar-refractivity contribution is 7.99. The third-order valence-corrected chi connectivity index (χ3v) is 3.56. The largest absolute Gasteiger partial charge is 0.468 e. The van der Waals surface area contributed by atoms with Crippen LogP contribution in [0.2, 0.25) is 0 Å². The number of benzene rings is 1. The zero-order valence-corrected chi connectivity index (χ0v) is 10.1. The normalized spacial score (nSPS) is 10.4. The lowest BCUT2D eigenvalue weighted by molar-refractivity contribution is 0.100. The Bertz CT molecular complexity index is 563. The number of amides is 1. The summed E-state index contributed by atoms with van der Waals surface area (Å²) >= 11 is 1.50. The molecule has 0 fully saturated rings. The summed E-state index contributed by atoms with van der Waals surface area (Å²) in [5, 5.41) is 0. The van der Waals surface area contributed by atoms with Crippen molar-refractivity contribution in [2.24, 2.45) is 5.73 Å². The highest BCUT2D eigenvalue weighted by atomic mass is 32.2. The molecule has 2 rings (SSSR count). The van der Waals surface area contributed by atoms with E-state index in [0.29, 0.717) is 11.3 Å². The Morgan fingerprint density at radius 3 is 2.59 bits per heavy atom. The molecule has 0 radical (unpaired) electrons. The van der Waals surface area contributed by atoms with E-state index in [4.69, 9.17) is 15.9 Å². The van der Waals surface area contributed by atoms with Crippen molar-refractivity contribution in [3.63, 3.8) is 0 Å². The third-order valence-electron chi connectivity index (χ3n) is 2.33. The minimum atomic E-state index is -0.479.